The van der Waals surface area contributed by atoms with E-state index in [0.29, 0.717) is 12.6 Å². The van der Waals surface area contributed by atoms with Crippen molar-refractivity contribution in [1.29, 1.82) is 0 Å². The summed E-state index contributed by atoms with van der Waals surface area (Å²) >= 11 is 0. The lowest BCUT2D eigenvalue weighted by Crippen LogP contribution is -2.46. The van der Waals surface area contributed by atoms with Crippen LogP contribution in [0.15, 0.2) is 30.3 Å². The largest absolute Gasteiger partial charge is 0.383 e. The molecule has 0 amide bonds. The smallest absolute Gasteiger partial charge is 0.179 e. The fraction of sp³-hybridized carbons (Fsp3) is 0.562. The molecule has 3 nitrogen and oxygen atoms in total. The van der Waals surface area contributed by atoms with E-state index in [2.05, 4.69) is 25.7 Å². The highest BCUT2D eigenvalue weighted by atomic mass is 16.5. The molecule has 0 spiro atoms. The molecule has 1 unspecified atom stereocenters. The molecule has 0 N–H and O–H groups in total. The second kappa shape index (κ2) is 8.08. The number of hydrogen-bond donors (Lipinski definition) is 0. The number of ether oxygens (including phenoxy) is 1. The second-order valence-electron chi connectivity index (χ2n) is 4.98. The van der Waals surface area contributed by atoms with Crippen molar-refractivity contribution in [2.45, 2.75) is 39.3 Å². The highest BCUT2D eigenvalue weighted by Crippen LogP contribution is 2.15. The van der Waals surface area contributed by atoms with Crippen molar-refractivity contribution in [3.8, 4) is 0 Å². The number of benzene rings is 1. The second-order valence-corrected chi connectivity index (χ2v) is 4.98. The molecule has 0 bridgehead atoms. The molecular formula is C16H25NO2. The SMILES string of the molecule is CCC(C(=O)c1ccccc1)N(CCOC)C(C)C. The van der Waals surface area contributed by atoms with Crippen LogP contribution in [-0.4, -0.2) is 43.0 Å². The molecule has 3 heteroatoms. The monoisotopic (exact) mass is 263 g/mol. The Balaban J connectivity index is 2.87. The van der Waals surface area contributed by atoms with E-state index in [4.69, 9.17) is 4.74 Å². The Bertz CT molecular complexity index is 376. The first kappa shape index (κ1) is 15.9. The zero-order valence-corrected chi connectivity index (χ0v) is 12.4. The van der Waals surface area contributed by atoms with Crippen LogP contribution in [-0.2, 0) is 4.74 Å². The molecule has 1 atom stereocenters. The van der Waals surface area contributed by atoms with Crippen LogP contribution in [0.1, 0.15) is 37.6 Å². The van der Waals surface area contributed by atoms with Gasteiger partial charge in [0.2, 0.25) is 0 Å². The van der Waals surface area contributed by atoms with E-state index in [1.54, 1.807) is 7.11 Å². The molecule has 0 saturated carbocycles. The fourth-order valence-corrected chi connectivity index (χ4v) is 2.34. The summed E-state index contributed by atoms with van der Waals surface area (Å²) in [5.41, 5.74) is 0.789. The van der Waals surface area contributed by atoms with Crippen molar-refractivity contribution in [1.82, 2.24) is 4.90 Å². The Morgan fingerprint density at radius 1 is 1.26 bits per heavy atom. The summed E-state index contributed by atoms with van der Waals surface area (Å²) in [6.07, 6.45) is 0.815. The minimum absolute atomic E-state index is 0.0717. The zero-order valence-electron chi connectivity index (χ0n) is 12.4. The topological polar surface area (TPSA) is 29.5 Å². The van der Waals surface area contributed by atoms with Gasteiger partial charge in [0.05, 0.1) is 12.6 Å². The number of rotatable bonds is 8. The number of ketones is 1. The predicted molar refractivity (Wildman–Crippen MR) is 78.6 cm³/mol. The number of hydrogen-bond acceptors (Lipinski definition) is 3. The van der Waals surface area contributed by atoms with Gasteiger partial charge in [-0.05, 0) is 20.3 Å². The van der Waals surface area contributed by atoms with Crippen LogP contribution >= 0.6 is 0 Å². The normalized spacial score (nSPS) is 12.9. The third-order valence-electron chi connectivity index (χ3n) is 3.36. The van der Waals surface area contributed by atoms with Gasteiger partial charge in [-0.3, -0.25) is 9.69 Å². The minimum atomic E-state index is -0.0717. The molecule has 0 fully saturated rings. The van der Waals surface area contributed by atoms with E-state index in [-0.39, 0.29) is 11.8 Å². The molecule has 0 aliphatic carbocycles. The molecule has 19 heavy (non-hydrogen) atoms. The first-order valence-electron chi connectivity index (χ1n) is 6.95. The Morgan fingerprint density at radius 2 is 1.89 bits per heavy atom. The molecule has 1 rings (SSSR count). The van der Waals surface area contributed by atoms with Gasteiger partial charge in [0.1, 0.15) is 0 Å². The van der Waals surface area contributed by atoms with E-state index in [1.165, 1.54) is 0 Å². The van der Waals surface area contributed by atoms with E-state index in [9.17, 15) is 4.79 Å². The molecule has 1 aromatic carbocycles. The summed E-state index contributed by atoms with van der Waals surface area (Å²) < 4.78 is 5.15. The van der Waals surface area contributed by atoms with Crippen LogP contribution in [0, 0.1) is 0 Å². The van der Waals surface area contributed by atoms with E-state index in [1.807, 2.05) is 30.3 Å². The van der Waals surface area contributed by atoms with Crippen molar-refractivity contribution in [2.24, 2.45) is 0 Å². The van der Waals surface area contributed by atoms with Crippen molar-refractivity contribution in [2.75, 3.05) is 20.3 Å². The van der Waals surface area contributed by atoms with Crippen molar-refractivity contribution in [3.63, 3.8) is 0 Å². The Hall–Kier alpha value is -1.19. The van der Waals surface area contributed by atoms with Gasteiger partial charge in [0, 0.05) is 25.3 Å². The van der Waals surface area contributed by atoms with Gasteiger partial charge in [-0.15, -0.1) is 0 Å². The summed E-state index contributed by atoms with van der Waals surface area (Å²) in [7, 11) is 1.69. The molecular weight excluding hydrogens is 238 g/mol. The van der Waals surface area contributed by atoms with Crippen LogP contribution in [0.3, 0.4) is 0 Å². The Labute approximate surface area is 116 Å². The van der Waals surface area contributed by atoms with E-state index in [0.717, 1.165) is 18.5 Å². The van der Waals surface area contributed by atoms with Gasteiger partial charge >= 0.3 is 0 Å². The summed E-state index contributed by atoms with van der Waals surface area (Å²) in [4.78, 5) is 14.8. The summed E-state index contributed by atoms with van der Waals surface area (Å²) in [5, 5.41) is 0. The standard InChI is InChI=1S/C16H25NO2/c1-5-15(17(13(2)3)11-12-19-4)16(18)14-9-7-6-8-10-14/h6-10,13,15H,5,11-12H2,1-4H3. The number of carbonyl (C=O) groups is 1. The minimum Gasteiger partial charge on any atom is -0.383 e. The van der Waals surface area contributed by atoms with Crippen LogP contribution < -0.4 is 0 Å². The molecule has 0 aromatic heterocycles. The molecule has 0 heterocycles. The summed E-state index contributed by atoms with van der Waals surface area (Å²) in [6.45, 7) is 7.74. The molecule has 1 aromatic rings. The lowest BCUT2D eigenvalue weighted by Gasteiger charge is -2.33. The quantitative estimate of drug-likeness (QED) is 0.675. The average molecular weight is 263 g/mol. The van der Waals surface area contributed by atoms with Crippen molar-refractivity contribution < 1.29 is 9.53 Å². The molecule has 0 aliphatic heterocycles. The van der Waals surface area contributed by atoms with Crippen LogP contribution in [0.2, 0.25) is 0 Å². The lowest BCUT2D eigenvalue weighted by molar-refractivity contribution is 0.0654. The third kappa shape index (κ3) is 4.44. The van der Waals surface area contributed by atoms with Gasteiger partial charge in [-0.2, -0.15) is 0 Å². The first-order chi connectivity index (χ1) is 9.11. The van der Waals surface area contributed by atoms with Gasteiger partial charge in [0.15, 0.2) is 5.78 Å². The van der Waals surface area contributed by atoms with Gasteiger partial charge in [-0.25, -0.2) is 0 Å². The third-order valence-corrected chi connectivity index (χ3v) is 3.36. The Morgan fingerprint density at radius 3 is 2.37 bits per heavy atom. The van der Waals surface area contributed by atoms with Gasteiger partial charge < -0.3 is 4.74 Å². The van der Waals surface area contributed by atoms with Crippen molar-refractivity contribution >= 4 is 5.78 Å². The van der Waals surface area contributed by atoms with Crippen LogP contribution in [0.25, 0.3) is 0 Å². The maximum atomic E-state index is 12.6. The highest BCUT2D eigenvalue weighted by molar-refractivity contribution is 6.00. The molecule has 0 aliphatic rings. The number of nitrogens with zero attached hydrogens (tertiary/aromatic N) is 1. The van der Waals surface area contributed by atoms with E-state index >= 15 is 0 Å². The van der Waals surface area contributed by atoms with Crippen LogP contribution in [0.4, 0.5) is 0 Å². The summed E-state index contributed by atoms with van der Waals surface area (Å²) in [5.74, 6) is 0.202. The molecule has 0 radical (unpaired) electrons. The average Bonchev–Trinajstić information content (AvgIpc) is 2.43. The van der Waals surface area contributed by atoms with E-state index < -0.39 is 0 Å². The highest BCUT2D eigenvalue weighted by Gasteiger charge is 2.26. The van der Waals surface area contributed by atoms with Gasteiger partial charge in [0.25, 0.3) is 0 Å². The number of Topliss-reactive ketones (excluding diaryl/α,β-unsaturated/α-hetero) is 1. The number of methoxy groups -OCH3 is 1. The van der Waals surface area contributed by atoms with Gasteiger partial charge in [-0.1, -0.05) is 37.3 Å². The first-order valence-corrected chi connectivity index (χ1v) is 6.95. The molecule has 106 valence electrons. The lowest BCUT2D eigenvalue weighted by atomic mass is 9.99. The maximum absolute atomic E-state index is 12.6. The summed E-state index contributed by atoms with van der Waals surface area (Å²) in [6, 6.07) is 9.79. The Kier molecular flexibility index (Phi) is 6.74. The predicted octanol–water partition coefficient (Wildman–Crippen LogP) is 3.00. The number of carbonyl (C=O) groups excluding carboxylic acids is 1. The fourth-order valence-electron chi connectivity index (χ4n) is 2.34. The maximum Gasteiger partial charge on any atom is 0.179 e. The van der Waals surface area contributed by atoms with Crippen molar-refractivity contribution in [3.05, 3.63) is 35.9 Å². The zero-order chi connectivity index (χ0) is 14.3. The molecule has 0 saturated heterocycles. The van der Waals surface area contributed by atoms with Crippen LogP contribution in [0.5, 0.6) is 0 Å².